The standard InChI is InChI=1S/C16H16F3N3O.C15H16FN3O/c17-16(18,19)12-5-6-21-15(9-12)22-13-3-1-11(2-4-13)14-10-20-7-8-23-14;16-12-7-14(9-18-8-12)19-13-3-1-11(2-4-13)15-10-17-5-6-20-15/h1-6,9,14,20H,7-8,10H2,(H,21,22);1-4,7-9,15,17,19H,5-6,10H2/t14-;15-/m11/s1. The summed E-state index contributed by atoms with van der Waals surface area (Å²) in [6, 6.07) is 18.7. The molecule has 0 amide bonds. The van der Waals surface area contributed by atoms with Crippen LogP contribution in [0.1, 0.15) is 28.9 Å². The summed E-state index contributed by atoms with van der Waals surface area (Å²) < 4.78 is 62.5. The van der Waals surface area contributed by atoms with Gasteiger partial charge in [0.25, 0.3) is 0 Å². The molecule has 8 nitrogen and oxygen atoms in total. The Kier molecular flexibility index (Phi) is 10.2. The molecule has 4 aromatic rings. The lowest BCUT2D eigenvalue weighted by atomic mass is 10.1. The zero-order valence-electron chi connectivity index (χ0n) is 23.2. The summed E-state index contributed by atoms with van der Waals surface area (Å²) in [5, 5.41) is 12.5. The number of hydrogen-bond donors (Lipinski definition) is 4. The molecule has 0 saturated carbocycles. The third-order valence-corrected chi connectivity index (χ3v) is 6.77. The Morgan fingerprint density at radius 1 is 0.721 bits per heavy atom. The highest BCUT2D eigenvalue weighted by Crippen LogP contribution is 2.31. The number of alkyl halides is 3. The summed E-state index contributed by atoms with van der Waals surface area (Å²) in [4.78, 5) is 7.72. The van der Waals surface area contributed by atoms with Crippen molar-refractivity contribution in [3.05, 3.63) is 108 Å². The van der Waals surface area contributed by atoms with Crippen LogP contribution in [0.15, 0.2) is 85.3 Å². The van der Waals surface area contributed by atoms with Crippen LogP contribution in [0.3, 0.4) is 0 Å². The van der Waals surface area contributed by atoms with E-state index in [1.54, 1.807) is 18.3 Å². The van der Waals surface area contributed by atoms with E-state index in [0.717, 1.165) is 67.9 Å². The van der Waals surface area contributed by atoms with E-state index in [2.05, 4.69) is 31.2 Å². The number of rotatable bonds is 6. The lowest BCUT2D eigenvalue weighted by Crippen LogP contribution is -2.33. The fraction of sp³-hybridized carbons (Fsp3) is 0.290. The molecule has 12 heteroatoms. The van der Waals surface area contributed by atoms with Gasteiger partial charge in [-0.05, 0) is 47.5 Å². The minimum Gasteiger partial charge on any atom is -0.371 e. The highest BCUT2D eigenvalue weighted by atomic mass is 19.4. The van der Waals surface area contributed by atoms with E-state index in [4.69, 9.17) is 9.47 Å². The van der Waals surface area contributed by atoms with Gasteiger partial charge >= 0.3 is 6.18 Å². The molecule has 4 heterocycles. The number of anilines is 4. The molecule has 0 aliphatic carbocycles. The Labute approximate surface area is 246 Å². The van der Waals surface area contributed by atoms with E-state index in [0.29, 0.717) is 18.0 Å². The Morgan fingerprint density at radius 3 is 1.81 bits per heavy atom. The highest BCUT2D eigenvalue weighted by molar-refractivity contribution is 5.59. The summed E-state index contributed by atoms with van der Waals surface area (Å²) in [7, 11) is 0. The number of aromatic nitrogens is 2. The fourth-order valence-corrected chi connectivity index (χ4v) is 4.59. The highest BCUT2D eigenvalue weighted by Gasteiger charge is 2.30. The van der Waals surface area contributed by atoms with Crippen LogP contribution < -0.4 is 21.3 Å². The van der Waals surface area contributed by atoms with Crippen molar-refractivity contribution in [1.82, 2.24) is 20.6 Å². The van der Waals surface area contributed by atoms with Gasteiger partial charge < -0.3 is 30.7 Å². The van der Waals surface area contributed by atoms with Crippen molar-refractivity contribution < 1.29 is 27.0 Å². The molecule has 226 valence electrons. The topological polar surface area (TPSA) is 92.4 Å². The van der Waals surface area contributed by atoms with Gasteiger partial charge in [-0.25, -0.2) is 9.37 Å². The first-order valence-electron chi connectivity index (χ1n) is 13.9. The SMILES string of the molecule is FC(F)(F)c1ccnc(Nc2ccc([C@H]3CNCCO3)cc2)c1.Fc1cncc(Nc2ccc([C@H]3CNCCO3)cc2)c1. The third-order valence-electron chi connectivity index (χ3n) is 6.77. The minimum atomic E-state index is -4.38. The fourth-order valence-electron chi connectivity index (χ4n) is 4.59. The van der Waals surface area contributed by atoms with Gasteiger partial charge in [-0.2, -0.15) is 13.2 Å². The Balaban J connectivity index is 0.000000173. The van der Waals surface area contributed by atoms with E-state index in [1.807, 2.05) is 36.4 Å². The van der Waals surface area contributed by atoms with Gasteiger partial charge in [0.1, 0.15) is 11.6 Å². The second-order valence-electron chi connectivity index (χ2n) is 9.94. The van der Waals surface area contributed by atoms with Crippen molar-refractivity contribution in [3.63, 3.8) is 0 Å². The number of pyridine rings is 2. The molecule has 43 heavy (non-hydrogen) atoms. The van der Waals surface area contributed by atoms with Crippen LogP contribution in [0, 0.1) is 5.82 Å². The molecule has 2 aliphatic rings. The van der Waals surface area contributed by atoms with E-state index in [1.165, 1.54) is 12.3 Å². The minimum absolute atomic E-state index is 0.00415. The summed E-state index contributed by atoms with van der Waals surface area (Å²) in [6.45, 7) is 4.74. The monoisotopic (exact) mass is 596 g/mol. The zero-order valence-corrected chi connectivity index (χ0v) is 23.2. The number of nitrogens with one attached hydrogen (secondary N) is 4. The van der Waals surface area contributed by atoms with E-state index >= 15 is 0 Å². The van der Waals surface area contributed by atoms with E-state index in [-0.39, 0.29) is 23.8 Å². The lowest BCUT2D eigenvalue weighted by Gasteiger charge is -2.24. The maximum absolute atomic E-state index is 13.1. The average Bonchev–Trinajstić information content (AvgIpc) is 3.03. The van der Waals surface area contributed by atoms with Crippen LogP contribution in [0.25, 0.3) is 0 Å². The van der Waals surface area contributed by atoms with Gasteiger partial charge in [-0.3, -0.25) is 4.98 Å². The van der Waals surface area contributed by atoms with Gasteiger partial charge in [0.15, 0.2) is 0 Å². The zero-order chi connectivity index (χ0) is 30.1. The summed E-state index contributed by atoms with van der Waals surface area (Å²) >= 11 is 0. The third kappa shape index (κ3) is 8.94. The number of nitrogens with zero attached hydrogens (tertiary/aromatic N) is 2. The van der Waals surface area contributed by atoms with Gasteiger partial charge in [-0.1, -0.05) is 24.3 Å². The van der Waals surface area contributed by atoms with Crippen LogP contribution in [-0.2, 0) is 15.7 Å². The van der Waals surface area contributed by atoms with Crippen molar-refractivity contribution in [2.24, 2.45) is 0 Å². The number of morpholine rings is 2. The molecular formula is C31H32F4N6O2. The van der Waals surface area contributed by atoms with Crippen LogP contribution in [0.5, 0.6) is 0 Å². The number of benzene rings is 2. The Bertz CT molecular complexity index is 1440. The van der Waals surface area contributed by atoms with E-state index in [9.17, 15) is 17.6 Å². The van der Waals surface area contributed by atoms with E-state index < -0.39 is 11.7 Å². The van der Waals surface area contributed by atoms with Crippen molar-refractivity contribution in [1.29, 1.82) is 0 Å². The number of ether oxygens (including phenoxy) is 2. The average molecular weight is 597 g/mol. The van der Waals surface area contributed by atoms with Crippen molar-refractivity contribution in [2.75, 3.05) is 50.0 Å². The van der Waals surface area contributed by atoms with Crippen LogP contribution in [-0.4, -0.2) is 49.4 Å². The molecular weight excluding hydrogens is 564 g/mol. The molecule has 6 rings (SSSR count). The molecule has 2 aromatic heterocycles. The molecule has 4 N–H and O–H groups in total. The summed E-state index contributed by atoms with van der Waals surface area (Å²) in [5.41, 5.74) is 3.63. The molecule has 2 saturated heterocycles. The van der Waals surface area contributed by atoms with Gasteiger partial charge in [0, 0.05) is 49.8 Å². The van der Waals surface area contributed by atoms with Crippen LogP contribution >= 0.6 is 0 Å². The molecule has 0 bridgehead atoms. The van der Waals surface area contributed by atoms with Crippen molar-refractivity contribution in [3.8, 4) is 0 Å². The van der Waals surface area contributed by atoms with Crippen molar-refractivity contribution >= 4 is 22.9 Å². The number of halogens is 4. The lowest BCUT2D eigenvalue weighted by molar-refractivity contribution is -0.137. The predicted octanol–water partition coefficient (Wildman–Crippen LogP) is 6.13. The largest absolute Gasteiger partial charge is 0.416 e. The molecule has 2 atom stereocenters. The Hall–Kier alpha value is -4.10. The maximum atomic E-state index is 13.1. The molecule has 2 aromatic carbocycles. The quantitative estimate of drug-likeness (QED) is 0.198. The van der Waals surface area contributed by atoms with Gasteiger partial charge in [0.2, 0.25) is 0 Å². The maximum Gasteiger partial charge on any atom is 0.416 e. The second kappa shape index (κ2) is 14.4. The first-order chi connectivity index (χ1) is 20.8. The Morgan fingerprint density at radius 2 is 1.30 bits per heavy atom. The molecule has 0 unspecified atom stereocenters. The smallest absolute Gasteiger partial charge is 0.371 e. The molecule has 2 fully saturated rings. The first-order valence-corrected chi connectivity index (χ1v) is 13.9. The normalized spacial score (nSPS) is 18.7. The molecule has 2 aliphatic heterocycles. The van der Waals surface area contributed by atoms with Crippen LogP contribution in [0.4, 0.5) is 40.4 Å². The summed E-state index contributed by atoms with van der Waals surface area (Å²) in [6.07, 6.45) is -0.360. The molecule has 0 spiro atoms. The van der Waals surface area contributed by atoms with Gasteiger partial charge in [0.05, 0.1) is 49.1 Å². The number of hydrogen-bond acceptors (Lipinski definition) is 8. The first kappa shape index (κ1) is 30.4. The van der Waals surface area contributed by atoms with Crippen molar-refractivity contribution in [2.45, 2.75) is 18.4 Å². The molecule has 0 radical (unpaired) electrons. The van der Waals surface area contributed by atoms with Crippen LogP contribution in [0.2, 0.25) is 0 Å². The second-order valence-corrected chi connectivity index (χ2v) is 9.94. The predicted molar refractivity (Wildman–Crippen MR) is 156 cm³/mol. The van der Waals surface area contributed by atoms with Gasteiger partial charge in [-0.15, -0.1) is 0 Å². The summed E-state index contributed by atoms with van der Waals surface area (Å²) in [5.74, 6) is -0.198.